The topological polar surface area (TPSA) is 101 Å². The van der Waals surface area contributed by atoms with E-state index in [1.54, 1.807) is 36.4 Å². The molecule has 0 unspecified atom stereocenters. The van der Waals surface area contributed by atoms with Gasteiger partial charge in [0.15, 0.2) is 0 Å². The molecule has 1 aliphatic rings. The van der Waals surface area contributed by atoms with Gasteiger partial charge in [-0.3, -0.25) is 0 Å². The minimum atomic E-state index is -3.78. The van der Waals surface area contributed by atoms with Crippen molar-refractivity contribution in [1.29, 1.82) is 0 Å². The summed E-state index contributed by atoms with van der Waals surface area (Å²) in [6.07, 6.45) is 2.76. The number of benzene rings is 5. The Kier molecular flexibility index (Phi) is 9.31. The largest absolute Gasteiger partial charge is 0.478 e. The lowest BCUT2D eigenvalue weighted by atomic mass is 9.85. The summed E-state index contributed by atoms with van der Waals surface area (Å²) >= 11 is 12.5. The van der Waals surface area contributed by atoms with E-state index in [2.05, 4.69) is 51.8 Å². The summed E-state index contributed by atoms with van der Waals surface area (Å²) in [5.41, 5.74) is 6.86. The van der Waals surface area contributed by atoms with Crippen molar-refractivity contribution in [2.45, 2.75) is 42.5 Å². The first-order valence-electron chi connectivity index (χ1n) is 16.1. The maximum Gasteiger partial charge on any atom is 0.335 e. The molecule has 49 heavy (non-hydrogen) atoms. The monoisotopic (exact) mass is 709 g/mol. The second-order valence-electron chi connectivity index (χ2n) is 12.3. The molecule has 7 rings (SSSR count). The number of hydrogen-bond acceptors (Lipinski definition) is 4. The van der Waals surface area contributed by atoms with Gasteiger partial charge < -0.3 is 9.67 Å². The average Bonchev–Trinajstić information content (AvgIpc) is 3.90. The number of nitrogens with zero attached hydrogens (tertiary/aromatic N) is 2. The number of aromatic nitrogens is 2. The van der Waals surface area contributed by atoms with Crippen molar-refractivity contribution in [2.24, 2.45) is 0 Å². The fraction of sp³-hybridized carbons (Fsp3) is 0.179. The molecule has 5 aromatic carbocycles. The number of aryl methyl sites for hydroxylation is 1. The molecule has 10 heteroatoms. The Labute approximate surface area is 295 Å². The predicted octanol–water partition coefficient (Wildman–Crippen LogP) is 9.13. The quantitative estimate of drug-likeness (QED) is 0.0975. The molecular formula is C39H33Cl2N3O4S. The Morgan fingerprint density at radius 1 is 0.816 bits per heavy atom. The molecule has 0 aliphatic heterocycles. The normalized spacial score (nSPS) is 13.3. The van der Waals surface area contributed by atoms with Crippen LogP contribution in [0.1, 0.15) is 64.0 Å². The zero-order chi connectivity index (χ0) is 34.1. The summed E-state index contributed by atoms with van der Waals surface area (Å²) in [5, 5.41) is 10.5. The number of imidazole rings is 1. The molecule has 2 N–H and O–H groups in total. The fourth-order valence-electron chi connectivity index (χ4n) is 6.29. The van der Waals surface area contributed by atoms with Crippen molar-refractivity contribution in [3.05, 3.63) is 153 Å². The summed E-state index contributed by atoms with van der Waals surface area (Å²) in [6.45, 7) is 0.859. The number of sulfonamides is 1. The fourth-order valence-corrected chi connectivity index (χ4v) is 7.66. The number of carbonyl (C=O) groups is 1. The zero-order valence-corrected chi connectivity index (χ0v) is 28.7. The summed E-state index contributed by atoms with van der Waals surface area (Å²) in [7, 11) is -3.78. The molecular weight excluding hydrogens is 677 g/mol. The Bertz CT molecular complexity index is 2200. The minimum absolute atomic E-state index is 0.0515. The molecule has 1 aliphatic carbocycles. The van der Waals surface area contributed by atoms with Crippen molar-refractivity contribution in [1.82, 2.24) is 14.3 Å². The summed E-state index contributed by atoms with van der Waals surface area (Å²) in [6, 6.07) is 35.3. The van der Waals surface area contributed by atoms with E-state index >= 15 is 0 Å². The van der Waals surface area contributed by atoms with Crippen LogP contribution in [0.15, 0.2) is 120 Å². The highest BCUT2D eigenvalue weighted by molar-refractivity contribution is 7.89. The Hall–Kier alpha value is -4.47. The van der Waals surface area contributed by atoms with E-state index < -0.39 is 16.0 Å². The summed E-state index contributed by atoms with van der Waals surface area (Å²) < 4.78 is 31.7. The van der Waals surface area contributed by atoms with Gasteiger partial charge in [0, 0.05) is 35.0 Å². The summed E-state index contributed by atoms with van der Waals surface area (Å²) in [4.78, 5) is 16.4. The molecule has 6 aromatic rings. The van der Waals surface area contributed by atoms with Gasteiger partial charge in [-0.25, -0.2) is 22.9 Å². The van der Waals surface area contributed by atoms with E-state index in [0.29, 0.717) is 34.5 Å². The number of rotatable bonds is 12. The number of nitrogens with one attached hydrogen (secondary N) is 1. The SMILES string of the molecule is O=C(O)c1ccc(-c2cccc(S(=O)(=O)NCCCn3c(C4CC4)nc4ccc(C(c5ccc(Cl)cc5)c5ccc(Cl)cc5)cc43)c2)cc1. The second-order valence-corrected chi connectivity index (χ2v) is 15.0. The van der Waals surface area contributed by atoms with Gasteiger partial charge >= 0.3 is 5.97 Å². The number of fused-ring (bicyclic) bond motifs is 1. The Balaban J connectivity index is 1.12. The molecule has 248 valence electrons. The predicted molar refractivity (Wildman–Crippen MR) is 194 cm³/mol. The van der Waals surface area contributed by atoms with E-state index in [1.807, 2.05) is 24.3 Å². The van der Waals surface area contributed by atoms with Gasteiger partial charge in [0.2, 0.25) is 10.0 Å². The molecule has 0 spiro atoms. The molecule has 0 atom stereocenters. The highest BCUT2D eigenvalue weighted by Crippen LogP contribution is 2.42. The van der Waals surface area contributed by atoms with E-state index in [-0.39, 0.29) is 22.9 Å². The molecule has 1 heterocycles. The van der Waals surface area contributed by atoms with E-state index in [0.717, 1.165) is 52.0 Å². The average molecular weight is 711 g/mol. The molecule has 0 saturated heterocycles. The minimum Gasteiger partial charge on any atom is -0.478 e. The maximum absolute atomic E-state index is 13.3. The summed E-state index contributed by atoms with van der Waals surface area (Å²) in [5.74, 6) is 0.388. The van der Waals surface area contributed by atoms with Gasteiger partial charge in [-0.1, -0.05) is 77.8 Å². The standard InChI is InChI=1S/C39H33Cl2N3O4S/c40-32-16-11-26(12-17-32)37(27-13-18-33(41)19-14-27)31-15-20-35-36(24-31)44(38(43-35)28-7-8-28)22-2-21-42-49(47,48)34-4-1-3-30(23-34)25-5-9-29(10-6-25)39(45)46/h1,3-6,9-20,23-24,28,37,42H,2,7-8,21-22H2,(H,45,46). The number of aromatic carboxylic acids is 1. The van der Waals surface area contributed by atoms with Crippen LogP contribution in [0.5, 0.6) is 0 Å². The van der Waals surface area contributed by atoms with Gasteiger partial charge in [0.1, 0.15) is 5.82 Å². The van der Waals surface area contributed by atoms with Crippen molar-refractivity contribution in [3.8, 4) is 11.1 Å². The smallest absolute Gasteiger partial charge is 0.335 e. The third-order valence-corrected chi connectivity index (χ3v) is 10.9. The van der Waals surface area contributed by atoms with Gasteiger partial charge in [-0.2, -0.15) is 0 Å². The molecule has 0 bridgehead atoms. The van der Waals surface area contributed by atoms with Gasteiger partial charge in [-0.05, 0) is 108 Å². The first kappa shape index (κ1) is 33.0. The van der Waals surface area contributed by atoms with Crippen LogP contribution in [0.25, 0.3) is 22.2 Å². The molecule has 1 aromatic heterocycles. The van der Waals surface area contributed by atoms with Crippen LogP contribution in [0.2, 0.25) is 10.0 Å². The second kappa shape index (κ2) is 13.8. The Morgan fingerprint density at radius 2 is 1.45 bits per heavy atom. The van der Waals surface area contributed by atoms with Crippen LogP contribution < -0.4 is 4.72 Å². The van der Waals surface area contributed by atoms with E-state index in [9.17, 15) is 18.3 Å². The molecule has 0 amide bonds. The van der Waals surface area contributed by atoms with E-state index in [1.165, 1.54) is 12.1 Å². The van der Waals surface area contributed by atoms with Crippen molar-refractivity contribution >= 4 is 50.2 Å². The molecule has 7 nitrogen and oxygen atoms in total. The van der Waals surface area contributed by atoms with Crippen molar-refractivity contribution < 1.29 is 18.3 Å². The third kappa shape index (κ3) is 7.28. The lowest BCUT2D eigenvalue weighted by molar-refractivity contribution is 0.0697. The first-order chi connectivity index (χ1) is 23.7. The Morgan fingerprint density at radius 3 is 2.06 bits per heavy atom. The molecule has 1 saturated carbocycles. The van der Waals surface area contributed by atoms with Crippen LogP contribution in [0.4, 0.5) is 0 Å². The molecule has 1 fully saturated rings. The highest BCUT2D eigenvalue weighted by atomic mass is 35.5. The highest BCUT2D eigenvalue weighted by Gasteiger charge is 2.30. The van der Waals surface area contributed by atoms with Crippen molar-refractivity contribution in [3.63, 3.8) is 0 Å². The van der Waals surface area contributed by atoms with Gasteiger partial charge in [0.25, 0.3) is 0 Å². The number of halogens is 2. The van der Waals surface area contributed by atoms with Gasteiger partial charge in [-0.15, -0.1) is 0 Å². The number of carboxylic acids is 1. The van der Waals surface area contributed by atoms with Crippen LogP contribution >= 0.6 is 23.2 Å². The van der Waals surface area contributed by atoms with Crippen molar-refractivity contribution in [2.75, 3.05) is 6.54 Å². The maximum atomic E-state index is 13.3. The first-order valence-corrected chi connectivity index (χ1v) is 18.3. The number of hydrogen-bond donors (Lipinski definition) is 2. The lowest BCUT2D eigenvalue weighted by Crippen LogP contribution is -2.25. The van der Waals surface area contributed by atoms with Crippen LogP contribution in [0, 0.1) is 0 Å². The van der Waals surface area contributed by atoms with E-state index in [4.69, 9.17) is 28.2 Å². The van der Waals surface area contributed by atoms with Crippen LogP contribution in [0.3, 0.4) is 0 Å². The third-order valence-electron chi connectivity index (χ3n) is 8.94. The lowest BCUT2D eigenvalue weighted by Gasteiger charge is -2.20. The van der Waals surface area contributed by atoms with Crippen LogP contribution in [-0.2, 0) is 16.6 Å². The van der Waals surface area contributed by atoms with Crippen LogP contribution in [-0.4, -0.2) is 35.6 Å². The number of carboxylic acid groups (broad SMARTS) is 1. The molecule has 0 radical (unpaired) electrons. The van der Waals surface area contributed by atoms with Gasteiger partial charge in [0.05, 0.1) is 21.5 Å². The zero-order valence-electron chi connectivity index (χ0n) is 26.4.